The molecule has 11 aromatic rings. The highest BCUT2D eigenvalue weighted by atomic mass is 16.1. The first-order valence-electron chi connectivity index (χ1n) is 27.8. The van der Waals surface area contributed by atoms with Gasteiger partial charge in [0, 0.05) is 22.3 Å². The Hall–Kier alpha value is -9.76. The number of ketones is 2. The molecule has 0 saturated carbocycles. The van der Waals surface area contributed by atoms with Gasteiger partial charge in [0.2, 0.25) is 0 Å². The number of allylic oxidation sites excluding steroid dienone is 4. The number of rotatable bonds is 4. The molecule has 7 aliphatic carbocycles. The summed E-state index contributed by atoms with van der Waals surface area (Å²) in [4.78, 5) is 31.3. The molecule has 18 rings (SSSR count). The zero-order valence-electron chi connectivity index (χ0n) is 43.0. The summed E-state index contributed by atoms with van der Waals surface area (Å²) in [6.07, 6.45) is 6.52. The second kappa shape index (κ2) is 15.2. The van der Waals surface area contributed by atoms with E-state index in [1.165, 1.54) is 89.0 Å². The van der Waals surface area contributed by atoms with Gasteiger partial charge in [0.15, 0.2) is 11.6 Å². The first-order chi connectivity index (χ1) is 39.0. The maximum absolute atomic E-state index is 15.6. The van der Waals surface area contributed by atoms with Crippen LogP contribution in [-0.4, -0.2) is 11.6 Å². The fourth-order valence-electron chi connectivity index (χ4n) is 16.5. The Labute approximate surface area is 458 Å². The van der Waals surface area contributed by atoms with Crippen molar-refractivity contribution in [1.82, 2.24) is 0 Å². The van der Waals surface area contributed by atoms with Crippen LogP contribution in [0.3, 0.4) is 0 Å². The van der Waals surface area contributed by atoms with Crippen molar-refractivity contribution in [3.05, 3.63) is 349 Å². The average molecular weight is 1000 g/mol. The van der Waals surface area contributed by atoms with Gasteiger partial charge in [0.05, 0.1) is 16.2 Å². The van der Waals surface area contributed by atoms with Crippen LogP contribution in [0, 0.1) is 0 Å². The second-order valence-electron chi connectivity index (χ2n) is 22.6. The lowest BCUT2D eigenvalue weighted by atomic mass is 9.68. The topological polar surface area (TPSA) is 34.1 Å². The van der Waals surface area contributed by atoms with Gasteiger partial charge in [-0.3, -0.25) is 9.59 Å². The summed E-state index contributed by atoms with van der Waals surface area (Å²) in [5.74, 6) is -0.0241. The quantitative estimate of drug-likeness (QED) is 0.165. The minimum Gasteiger partial charge on any atom is -0.289 e. The third-order valence-corrected chi connectivity index (χ3v) is 19.4. The third kappa shape index (κ3) is 5.10. The van der Waals surface area contributed by atoms with Crippen LogP contribution >= 0.6 is 0 Å². The molecule has 79 heavy (non-hydrogen) atoms. The molecule has 11 aromatic carbocycles. The summed E-state index contributed by atoms with van der Waals surface area (Å²) in [5, 5.41) is 0. The lowest BCUT2D eigenvalue weighted by molar-refractivity contribution is 0.103. The van der Waals surface area contributed by atoms with Crippen LogP contribution < -0.4 is 0 Å². The van der Waals surface area contributed by atoms with E-state index >= 15 is 9.59 Å². The first-order valence-corrected chi connectivity index (χ1v) is 27.8. The van der Waals surface area contributed by atoms with Gasteiger partial charge in [0.1, 0.15) is 0 Å². The Morgan fingerprint density at radius 2 is 0.519 bits per heavy atom. The normalized spacial score (nSPS) is 16.1. The zero-order valence-corrected chi connectivity index (χ0v) is 43.0. The van der Waals surface area contributed by atoms with Crippen LogP contribution in [0.5, 0.6) is 0 Å². The lowest BCUT2D eigenvalue weighted by Gasteiger charge is -2.32. The molecule has 0 aliphatic heterocycles. The van der Waals surface area contributed by atoms with Gasteiger partial charge in [-0.2, -0.15) is 0 Å². The molecule has 2 heteroatoms. The van der Waals surface area contributed by atoms with Crippen LogP contribution in [0.4, 0.5) is 0 Å². The summed E-state index contributed by atoms with van der Waals surface area (Å²) in [7, 11) is 0. The van der Waals surface area contributed by atoms with E-state index in [4.69, 9.17) is 0 Å². The zero-order chi connectivity index (χ0) is 51.9. The molecule has 0 amide bonds. The Kier molecular flexibility index (Phi) is 8.37. The highest BCUT2D eigenvalue weighted by Gasteiger charge is 2.55. The van der Waals surface area contributed by atoms with Crippen LogP contribution in [0.15, 0.2) is 260 Å². The minimum atomic E-state index is -0.748. The molecular weight excluding hydrogens is 957 g/mol. The van der Waals surface area contributed by atoms with E-state index in [0.29, 0.717) is 22.3 Å². The molecule has 0 saturated heterocycles. The van der Waals surface area contributed by atoms with Gasteiger partial charge in [-0.05, 0) is 171 Å². The Balaban J connectivity index is 0.794. The van der Waals surface area contributed by atoms with Gasteiger partial charge < -0.3 is 0 Å². The molecule has 2 nitrogen and oxygen atoms in total. The monoisotopic (exact) mass is 1000 g/mol. The maximum atomic E-state index is 15.6. The molecule has 0 unspecified atom stereocenters. The first kappa shape index (κ1) is 43.4. The number of carbonyl (C=O) groups excluding carboxylic acids is 2. The fourth-order valence-corrected chi connectivity index (χ4v) is 16.5. The number of carbonyl (C=O) groups is 2. The van der Waals surface area contributed by atoms with E-state index in [-0.39, 0.29) is 11.6 Å². The molecule has 0 fully saturated rings. The Morgan fingerprint density at radius 3 is 0.835 bits per heavy atom. The number of hydrogen-bond acceptors (Lipinski definition) is 2. The largest absolute Gasteiger partial charge is 0.289 e. The lowest BCUT2D eigenvalue weighted by Crippen LogP contribution is -2.28. The van der Waals surface area contributed by atoms with Crippen LogP contribution in [0.25, 0.3) is 61.2 Å². The predicted molar refractivity (Wildman–Crippen MR) is 316 cm³/mol. The van der Waals surface area contributed by atoms with E-state index in [9.17, 15) is 0 Å². The molecule has 0 N–H and O–H groups in total. The van der Waals surface area contributed by atoms with Crippen molar-refractivity contribution < 1.29 is 9.59 Å². The predicted octanol–water partition coefficient (Wildman–Crippen LogP) is 17.3. The number of hydrogen-bond donors (Lipinski definition) is 0. The smallest absolute Gasteiger partial charge is 0.193 e. The van der Waals surface area contributed by atoms with Crippen LogP contribution in [0.1, 0.15) is 111 Å². The van der Waals surface area contributed by atoms with Gasteiger partial charge in [0.25, 0.3) is 0 Å². The second-order valence-corrected chi connectivity index (χ2v) is 22.6. The highest BCUT2D eigenvalue weighted by Crippen LogP contribution is 2.66. The average Bonchev–Trinajstić information content (AvgIpc) is 4.48. The summed E-state index contributed by atoms with van der Waals surface area (Å²) < 4.78 is 0. The third-order valence-electron chi connectivity index (χ3n) is 19.4. The van der Waals surface area contributed by atoms with Gasteiger partial charge in [-0.15, -0.1) is 0 Å². The number of fused-ring (bicyclic) bond motifs is 29. The summed E-state index contributed by atoms with van der Waals surface area (Å²) in [6.45, 7) is 0. The number of benzene rings is 11. The van der Waals surface area contributed by atoms with Crippen molar-refractivity contribution in [1.29, 1.82) is 0 Å². The van der Waals surface area contributed by atoms with E-state index < -0.39 is 16.2 Å². The van der Waals surface area contributed by atoms with E-state index in [1.54, 1.807) is 0 Å². The van der Waals surface area contributed by atoms with Crippen molar-refractivity contribution in [2.75, 3.05) is 0 Å². The maximum Gasteiger partial charge on any atom is 0.193 e. The van der Waals surface area contributed by atoms with E-state index in [2.05, 4.69) is 231 Å². The molecule has 0 radical (unpaired) electrons. The van der Waals surface area contributed by atoms with Crippen LogP contribution in [-0.2, 0) is 16.2 Å². The molecule has 0 heterocycles. The molecule has 7 aliphatic rings. The highest BCUT2D eigenvalue weighted by molar-refractivity contribution is 6.13. The Morgan fingerprint density at radius 1 is 0.266 bits per heavy atom. The molecule has 0 bridgehead atoms. The van der Waals surface area contributed by atoms with Gasteiger partial charge in [-0.1, -0.05) is 231 Å². The summed E-state index contributed by atoms with van der Waals surface area (Å²) >= 11 is 0. The standard InChI is InChI=1S/C77H46O2/c78-73(45-33-37-57-55-23-7-13-29-65(55)75(69(57)41-45)61-25-9-1-17-49(61)50-18-2-10-26-62(50)75)47-35-39-59-60-40-36-48(44-72(60)77(71(59)43-47)67-31-15-5-21-53(67)54-22-6-16-32-68(54)77)74(79)46-34-38-58-56-24-8-14-30-66(56)76(70(58)42-46)63-27-11-3-19-51(63)52-20-4-12-28-64(52)76/h1-5,7-21,23-44H,6,22H2. The van der Waals surface area contributed by atoms with Crippen molar-refractivity contribution in [2.24, 2.45) is 0 Å². The molecule has 0 aromatic heterocycles. The van der Waals surface area contributed by atoms with Crippen LogP contribution in [0.2, 0.25) is 0 Å². The van der Waals surface area contributed by atoms with Crippen molar-refractivity contribution in [2.45, 2.75) is 29.1 Å². The summed E-state index contributed by atoms with van der Waals surface area (Å²) in [6, 6.07) is 87.4. The van der Waals surface area contributed by atoms with Gasteiger partial charge in [-0.25, -0.2) is 0 Å². The molecule has 3 spiro atoms. The van der Waals surface area contributed by atoms with Crippen molar-refractivity contribution >= 4 is 17.1 Å². The molecule has 0 atom stereocenters. The van der Waals surface area contributed by atoms with Crippen molar-refractivity contribution in [3.63, 3.8) is 0 Å². The fraction of sp³-hybridized carbons (Fsp3) is 0.0649. The van der Waals surface area contributed by atoms with E-state index in [0.717, 1.165) is 57.3 Å². The van der Waals surface area contributed by atoms with E-state index in [1.807, 2.05) is 24.3 Å². The minimum absolute atomic E-state index is 0.0121. The summed E-state index contributed by atoms with van der Waals surface area (Å²) in [5.41, 5.74) is 29.6. The molecular formula is C77H46O2. The van der Waals surface area contributed by atoms with Crippen molar-refractivity contribution in [3.8, 4) is 55.6 Å². The van der Waals surface area contributed by atoms with Gasteiger partial charge >= 0.3 is 0 Å². The molecule has 366 valence electrons. The Bertz CT molecular complexity index is 4340. The SMILES string of the molecule is O=C(c1ccc2c(c1)C1(C3=C(CCC=C3)c3ccccc31)c1cc(C(=O)c3ccc4c(c3)C3(c5ccccc5-c5ccccc53)c3ccccc3-4)ccc1-2)c1ccc2c(c1)C1(c3ccccc3-c3ccccc31)c1ccccc1-2.